The van der Waals surface area contributed by atoms with Gasteiger partial charge in [0.05, 0.1) is 5.75 Å². The number of rotatable bonds is 8. The summed E-state index contributed by atoms with van der Waals surface area (Å²) >= 11 is 0. The first-order valence-corrected chi connectivity index (χ1v) is 8.51. The van der Waals surface area contributed by atoms with Gasteiger partial charge in [-0.3, -0.25) is 4.79 Å². The molecule has 0 radical (unpaired) electrons. The molecular weight excluding hydrogens is 266 g/mol. The van der Waals surface area contributed by atoms with Crippen LogP contribution in [0.3, 0.4) is 0 Å². The van der Waals surface area contributed by atoms with E-state index in [1.54, 1.807) is 0 Å². The Labute approximate surface area is 115 Å². The Balaban J connectivity index is 2.20. The highest BCUT2D eigenvalue weighted by Crippen LogP contribution is 2.14. The summed E-state index contributed by atoms with van der Waals surface area (Å²) in [6, 6.07) is 0. The largest absolute Gasteiger partial charge is 0.356 e. The topological polar surface area (TPSA) is 92.5 Å². The van der Waals surface area contributed by atoms with Crippen LogP contribution in [0.15, 0.2) is 0 Å². The number of hydrogen-bond acceptors (Lipinski definition) is 4. The summed E-state index contributed by atoms with van der Waals surface area (Å²) in [5.74, 6) is 0.210. The maximum atomic E-state index is 11.9. The Hall–Kier alpha value is -0.660. The van der Waals surface area contributed by atoms with E-state index >= 15 is 0 Å². The maximum Gasteiger partial charge on any atom is 0.220 e. The average molecular weight is 291 g/mol. The highest BCUT2D eigenvalue weighted by atomic mass is 32.2. The van der Waals surface area contributed by atoms with Crippen LogP contribution in [0.4, 0.5) is 0 Å². The number of nitrogens with one attached hydrogen (secondary N) is 1. The molecule has 0 saturated carbocycles. The monoisotopic (exact) mass is 291 g/mol. The van der Waals surface area contributed by atoms with E-state index in [1.807, 2.05) is 6.92 Å². The second kappa shape index (κ2) is 7.81. The van der Waals surface area contributed by atoms with Crippen LogP contribution in [0.5, 0.6) is 0 Å². The zero-order valence-electron chi connectivity index (χ0n) is 11.6. The summed E-state index contributed by atoms with van der Waals surface area (Å²) in [6.07, 6.45) is 2.51. The number of amides is 1. The summed E-state index contributed by atoms with van der Waals surface area (Å²) in [5.41, 5.74) is 5.45. The van der Waals surface area contributed by atoms with Crippen LogP contribution in [0, 0.1) is 5.92 Å². The molecule has 112 valence electrons. The summed E-state index contributed by atoms with van der Waals surface area (Å²) < 4.78 is 25.3. The van der Waals surface area contributed by atoms with Crippen LogP contribution in [0.1, 0.15) is 32.6 Å². The predicted octanol–water partition coefficient (Wildman–Crippen LogP) is -0.0968. The molecule has 0 aromatic heterocycles. The van der Waals surface area contributed by atoms with Crippen molar-refractivity contribution in [1.82, 2.24) is 9.62 Å². The molecule has 1 unspecified atom stereocenters. The van der Waals surface area contributed by atoms with Gasteiger partial charge in [-0.05, 0) is 31.7 Å². The van der Waals surface area contributed by atoms with Crippen molar-refractivity contribution in [2.45, 2.75) is 32.6 Å². The molecule has 19 heavy (non-hydrogen) atoms. The molecule has 1 rings (SSSR count). The van der Waals surface area contributed by atoms with Gasteiger partial charge in [0.2, 0.25) is 15.9 Å². The van der Waals surface area contributed by atoms with E-state index in [1.165, 1.54) is 4.31 Å². The molecule has 0 aromatic rings. The first kappa shape index (κ1) is 16.4. The molecule has 0 bridgehead atoms. The van der Waals surface area contributed by atoms with Crippen molar-refractivity contribution in [3.05, 3.63) is 0 Å². The summed E-state index contributed by atoms with van der Waals surface area (Å²) in [7, 11) is -3.16. The van der Waals surface area contributed by atoms with E-state index in [9.17, 15) is 13.2 Å². The van der Waals surface area contributed by atoms with Crippen LogP contribution in [0.2, 0.25) is 0 Å². The van der Waals surface area contributed by atoms with Crippen molar-refractivity contribution in [3.8, 4) is 0 Å². The Morgan fingerprint density at radius 1 is 1.37 bits per heavy atom. The number of carbonyl (C=O) groups excluding carboxylic acids is 1. The molecule has 0 spiro atoms. The van der Waals surface area contributed by atoms with Gasteiger partial charge in [-0.2, -0.15) is 0 Å². The quantitative estimate of drug-likeness (QED) is 0.653. The molecule has 0 aliphatic carbocycles. The average Bonchev–Trinajstić information content (AvgIpc) is 2.90. The van der Waals surface area contributed by atoms with Crippen LogP contribution >= 0.6 is 0 Å². The highest BCUT2D eigenvalue weighted by molar-refractivity contribution is 7.89. The highest BCUT2D eigenvalue weighted by Gasteiger charge is 2.24. The number of hydrogen-bond donors (Lipinski definition) is 2. The molecule has 1 aliphatic rings. The minimum Gasteiger partial charge on any atom is -0.356 e. The first-order valence-electron chi connectivity index (χ1n) is 6.90. The van der Waals surface area contributed by atoms with E-state index in [4.69, 9.17) is 5.73 Å². The van der Waals surface area contributed by atoms with Gasteiger partial charge in [0.1, 0.15) is 0 Å². The number of nitrogens with zero attached hydrogens (tertiary/aromatic N) is 1. The third-order valence-electron chi connectivity index (χ3n) is 3.31. The number of sulfonamides is 1. The lowest BCUT2D eigenvalue weighted by Crippen LogP contribution is -2.33. The van der Waals surface area contributed by atoms with E-state index in [0.717, 1.165) is 12.8 Å². The second-order valence-corrected chi connectivity index (χ2v) is 7.26. The molecule has 1 saturated heterocycles. The molecule has 6 nitrogen and oxygen atoms in total. The fourth-order valence-corrected chi connectivity index (χ4v) is 3.55. The first-order chi connectivity index (χ1) is 8.95. The van der Waals surface area contributed by atoms with Crippen molar-refractivity contribution in [2.24, 2.45) is 11.7 Å². The number of carbonyl (C=O) groups is 1. The third-order valence-corrected chi connectivity index (χ3v) is 5.27. The number of nitrogens with two attached hydrogens (primary N) is 1. The van der Waals surface area contributed by atoms with Crippen molar-refractivity contribution in [3.63, 3.8) is 0 Å². The lowest BCUT2D eigenvalue weighted by molar-refractivity contribution is -0.121. The minimum absolute atomic E-state index is 0.0624. The van der Waals surface area contributed by atoms with Gasteiger partial charge >= 0.3 is 0 Å². The Kier molecular flexibility index (Phi) is 6.74. The fraction of sp³-hybridized carbons (Fsp3) is 0.917. The summed E-state index contributed by atoms with van der Waals surface area (Å²) in [4.78, 5) is 11.5. The smallest absolute Gasteiger partial charge is 0.220 e. The standard InChI is InChI=1S/C12H25N3O3S/c1-11(9-13)10-14-12(16)5-4-8-19(17,18)15-6-2-3-7-15/h11H,2-10,13H2,1H3,(H,14,16). The molecule has 1 fully saturated rings. The van der Waals surface area contributed by atoms with Crippen LogP contribution in [-0.4, -0.2) is 50.6 Å². The van der Waals surface area contributed by atoms with Crippen molar-refractivity contribution >= 4 is 15.9 Å². The maximum absolute atomic E-state index is 11.9. The Morgan fingerprint density at radius 3 is 2.58 bits per heavy atom. The van der Waals surface area contributed by atoms with Crippen LogP contribution in [0.25, 0.3) is 0 Å². The van der Waals surface area contributed by atoms with Gasteiger partial charge in [0.25, 0.3) is 0 Å². The van der Waals surface area contributed by atoms with E-state index in [0.29, 0.717) is 32.6 Å². The third kappa shape index (κ3) is 5.88. The Morgan fingerprint density at radius 2 is 2.00 bits per heavy atom. The van der Waals surface area contributed by atoms with Gasteiger partial charge in [-0.25, -0.2) is 12.7 Å². The van der Waals surface area contributed by atoms with Gasteiger partial charge in [-0.1, -0.05) is 6.92 Å². The summed E-state index contributed by atoms with van der Waals surface area (Å²) in [5, 5.41) is 2.76. The molecular formula is C12H25N3O3S. The lowest BCUT2D eigenvalue weighted by Gasteiger charge is -2.15. The predicted molar refractivity (Wildman–Crippen MR) is 75.1 cm³/mol. The zero-order chi connectivity index (χ0) is 14.3. The molecule has 3 N–H and O–H groups in total. The van der Waals surface area contributed by atoms with Crippen molar-refractivity contribution in [1.29, 1.82) is 0 Å². The Bertz CT molecular complexity index is 378. The van der Waals surface area contributed by atoms with Gasteiger partial charge in [0.15, 0.2) is 0 Å². The van der Waals surface area contributed by atoms with Crippen molar-refractivity contribution in [2.75, 3.05) is 31.9 Å². The van der Waals surface area contributed by atoms with Crippen LogP contribution in [-0.2, 0) is 14.8 Å². The molecule has 1 heterocycles. The van der Waals surface area contributed by atoms with E-state index in [-0.39, 0.29) is 24.0 Å². The van der Waals surface area contributed by atoms with Crippen molar-refractivity contribution < 1.29 is 13.2 Å². The summed E-state index contributed by atoms with van der Waals surface area (Å²) in [6.45, 7) is 4.29. The SMILES string of the molecule is CC(CN)CNC(=O)CCCS(=O)(=O)N1CCCC1. The van der Waals surface area contributed by atoms with Gasteiger partial charge < -0.3 is 11.1 Å². The molecule has 7 heteroatoms. The molecule has 1 aliphatic heterocycles. The van der Waals surface area contributed by atoms with E-state index in [2.05, 4.69) is 5.32 Å². The fourth-order valence-electron chi connectivity index (χ4n) is 1.97. The normalized spacial score (nSPS) is 18.4. The van der Waals surface area contributed by atoms with E-state index < -0.39 is 10.0 Å². The van der Waals surface area contributed by atoms with Crippen LogP contribution < -0.4 is 11.1 Å². The minimum atomic E-state index is -3.16. The molecule has 1 amide bonds. The molecule has 1 atom stereocenters. The zero-order valence-corrected chi connectivity index (χ0v) is 12.4. The van der Waals surface area contributed by atoms with Gasteiger partial charge in [-0.15, -0.1) is 0 Å². The second-order valence-electron chi connectivity index (χ2n) is 5.17. The lowest BCUT2D eigenvalue weighted by atomic mass is 10.2. The molecule has 0 aromatic carbocycles. The van der Waals surface area contributed by atoms with Gasteiger partial charge in [0, 0.05) is 26.1 Å².